The number of anilines is 1. The lowest BCUT2D eigenvalue weighted by Gasteiger charge is -2.16. The molecule has 0 saturated heterocycles. The van der Waals surface area contributed by atoms with E-state index in [2.05, 4.69) is 0 Å². The summed E-state index contributed by atoms with van der Waals surface area (Å²) in [5.41, 5.74) is 2.51. The van der Waals surface area contributed by atoms with Crippen molar-refractivity contribution in [1.29, 1.82) is 0 Å². The van der Waals surface area contributed by atoms with E-state index in [1.807, 2.05) is 17.5 Å². The van der Waals surface area contributed by atoms with Crippen LogP contribution in [0.4, 0.5) is 23.2 Å². The third-order valence-electron chi connectivity index (χ3n) is 4.00. The Labute approximate surface area is 161 Å². The molecule has 4 nitrogen and oxygen atoms in total. The molecule has 0 unspecified atom stereocenters. The number of rotatable bonds is 6. The van der Waals surface area contributed by atoms with Gasteiger partial charge in [0.2, 0.25) is 0 Å². The summed E-state index contributed by atoms with van der Waals surface area (Å²) in [5.74, 6) is -0.588. The van der Waals surface area contributed by atoms with Crippen LogP contribution >= 0.6 is 11.3 Å². The normalized spacial score (nSPS) is 11.6. The molecule has 0 aliphatic heterocycles. The zero-order chi connectivity index (χ0) is 20.3. The molecule has 0 amide bonds. The van der Waals surface area contributed by atoms with E-state index in [1.54, 1.807) is 11.3 Å². The molecule has 0 saturated carbocycles. The van der Waals surface area contributed by atoms with E-state index >= 15 is 0 Å². The summed E-state index contributed by atoms with van der Waals surface area (Å²) in [4.78, 5) is 13.4. The first-order valence-electron chi connectivity index (χ1n) is 8.25. The number of hydrogen-bond acceptors (Lipinski definition) is 4. The summed E-state index contributed by atoms with van der Waals surface area (Å²) < 4.78 is 59.9. The zero-order valence-corrected chi connectivity index (χ0v) is 15.3. The molecule has 9 heteroatoms. The van der Waals surface area contributed by atoms with E-state index < -0.39 is 40.9 Å². The Morgan fingerprint density at radius 2 is 1.96 bits per heavy atom. The number of hydrogen-bond donors (Lipinski definition) is 1. The molecule has 148 valence electrons. The molecule has 3 rings (SSSR count). The van der Waals surface area contributed by atoms with Crippen LogP contribution in [0, 0.1) is 5.82 Å². The summed E-state index contributed by atoms with van der Waals surface area (Å²) in [5, 5.41) is 1.95. The van der Waals surface area contributed by atoms with Crippen molar-refractivity contribution in [2.75, 3.05) is 12.3 Å². The smallest absolute Gasteiger partial charge is 0.418 e. The van der Waals surface area contributed by atoms with Crippen molar-refractivity contribution in [1.82, 2.24) is 4.57 Å². The van der Waals surface area contributed by atoms with Crippen molar-refractivity contribution in [3.8, 4) is 5.75 Å². The molecule has 0 aliphatic rings. The average Bonchev–Trinajstić information content (AvgIpc) is 3.08. The summed E-state index contributed by atoms with van der Waals surface area (Å²) in [6.07, 6.45) is -2.77. The zero-order valence-electron chi connectivity index (χ0n) is 14.5. The highest BCUT2D eigenvalue weighted by Gasteiger charge is 2.36. The number of nitrogens with zero attached hydrogens (tertiary/aromatic N) is 1. The van der Waals surface area contributed by atoms with Crippen molar-refractivity contribution in [2.24, 2.45) is 0 Å². The Balaban J connectivity index is 1.77. The molecule has 0 atom stereocenters. The van der Waals surface area contributed by atoms with Gasteiger partial charge in [-0.25, -0.2) is 4.39 Å². The molecular formula is C19H16F4N2O2S. The highest BCUT2D eigenvalue weighted by atomic mass is 32.1. The van der Waals surface area contributed by atoms with Crippen LogP contribution in [-0.2, 0) is 19.1 Å². The Hall–Kier alpha value is -2.81. The molecule has 0 spiro atoms. The monoisotopic (exact) mass is 412 g/mol. The molecular weight excluding hydrogens is 396 g/mol. The fourth-order valence-electron chi connectivity index (χ4n) is 2.77. The predicted octanol–water partition coefficient (Wildman–Crippen LogP) is 4.32. The van der Waals surface area contributed by atoms with Gasteiger partial charge in [-0.05, 0) is 35.2 Å². The van der Waals surface area contributed by atoms with Crippen molar-refractivity contribution < 1.29 is 22.3 Å². The second-order valence-corrected chi connectivity index (χ2v) is 7.07. The Bertz CT molecular complexity index is 1010. The maximum Gasteiger partial charge on any atom is 0.418 e. The highest BCUT2D eigenvalue weighted by molar-refractivity contribution is 7.09. The summed E-state index contributed by atoms with van der Waals surface area (Å²) in [6, 6.07) is 7.90. The van der Waals surface area contributed by atoms with Crippen LogP contribution in [0.15, 0.2) is 52.8 Å². The minimum atomic E-state index is -4.76. The van der Waals surface area contributed by atoms with Crippen molar-refractivity contribution in [3.63, 3.8) is 0 Å². The molecule has 0 radical (unpaired) electrons. The number of nitrogen functional groups attached to an aromatic ring is 1. The first-order valence-corrected chi connectivity index (χ1v) is 9.13. The van der Waals surface area contributed by atoms with Crippen LogP contribution < -0.4 is 16.0 Å². The van der Waals surface area contributed by atoms with Gasteiger partial charge in [0.25, 0.3) is 5.56 Å². The summed E-state index contributed by atoms with van der Waals surface area (Å²) >= 11 is 1.59. The maximum absolute atomic E-state index is 13.6. The molecule has 2 N–H and O–H groups in total. The molecule has 2 heterocycles. The predicted molar refractivity (Wildman–Crippen MR) is 99.1 cm³/mol. The van der Waals surface area contributed by atoms with Gasteiger partial charge in [0.15, 0.2) is 0 Å². The van der Waals surface area contributed by atoms with E-state index in [1.165, 1.54) is 18.3 Å². The Kier molecular flexibility index (Phi) is 5.73. The second kappa shape index (κ2) is 8.05. The molecule has 0 fully saturated rings. The number of benzene rings is 1. The molecule has 0 bridgehead atoms. The topological polar surface area (TPSA) is 57.2 Å². The molecule has 2 aromatic heterocycles. The van der Waals surface area contributed by atoms with Crippen LogP contribution in [0.2, 0.25) is 0 Å². The van der Waals surface area contributed by atoms with Crippen molar-refractivity contribution in [2.45, 2.75) is 19.1 Å². The van der Waals surface area contributed by atoms with Gasteiger partial charge in [0.05, 0.1) is 18.7 Å². The number of alkyl halides is 3. The standard InChI is InChI=1S/C19H16F4N2O2S/c20-13-8-12(18(16(24)9-13)19(21,22)23)11-25-5-3-14(10-17(25)26)27-6-4-15-2-1-7-28-15/h1-3,5,7-10H,4,6,11,24H2. The third kappa shape index (κ3) is 4.72. The summed E-state index contributed by atoms with van der Waals surface area (Å²) in [6.45, 7) is -0.103. The second-order valence-electron chi connectivity index (χ2n) is 6.03. The van der Waals surface area contributed by atoms with E-state index in [0.29, 0.717) is 24.8 Å². The molecule has 1 aromatic carbocycles. The molecule has 3 aromatic rings. The fourth-order valence-corrected chi connectivity index (χ4v) is 3.46. The van der Waals surface area contributed by atoms with Gasteiger partial charge >= 0.3 is 6.18 Å². The first kappa shape index (κ1) is 19.9. The number of thiophene rings is 1. The first-order chi connectivity index (χ1) is 13.2. The lowest BCUT2D eigenvalue weighted by molar-refractivity contribution is -0.137. The number of ether oxygens (including phenoxy) is 1. The third-order valence-corrected chi connectivity index (χ3v) is 4.94. The van der Waals surface area contributed by atoms with E-state index in [4.69, 9.17) is 10.5 Å². The Morgan fingerprint density at radius 1 is 1.18 bits per heavy atom. The lowest BCUT2D eigenvalue weighted by Crippen LogP contribution is -2.22. The summed E-state index contributed by atoms with van der Waals surface area (Å²) in [7, 11) is 0. The minimum Gasteiger partial charge on any atom is -0.493 e. The van der Waals surface area contributed by atoms with Crippen molar-refractivity contribution >= 4 is 17.0 Å². The SMILES string of the molecule is Nc1cc(F)cc(Cn2ccc(OCCc3cccs3)cc2=O)c1C(F)(F)F. The van der Waals surface area contributed by atoms with Crippen LogP contribution in [0.3, 0.4) is 0 Å². The van der Waals surface area contributed by atoms with E-state index in [-0.39, 0.29) is 0 Å². The van der Waals surface area contributed by atoms with E-state index in [0.717, 1.165) is 15.5 Å². The van der Waals surface area contributed by atoms with Crippen LogP contribution in [0.25, 0.3) is 0 Å². The van der Waals surface area contributed by atoms with Gasteiger partial charge in [-0.2, -0.15) is 13.2 Å². The molecule has 28 heavy (non-hydrogen) atoms. The van der Waals surface area contributed by atoms with Gasteiger partial charge in [-0.1, -0.05) is 6.07 Å². The van der Waals surface area contributed by atoms with Gasteiger partial charge < -0.3 is 15.0 Å². The van der Waals surface area contributed by atoms with Gasteiger partial charge in [0.1, 0.15) is 11.6 Å². The van der Waals surface area contributed by atoms with Gasteiger partial charge in [-0.3, -0.25) is 4.79 Å². The molecule has 0 aliphatic carbocycles. The quantitative estimate of drug-likeness (QED) is 0.485. The van der Waals surface area contributed by atoms with Crippen LogP contribution in [-0.4, -0.2) is 11.2 Å². The minimum absolute atomic E-state index is 0.313. The fraction of sp³-hybridized carbons (Fsp3) is 0.211. The number of nitrogens with two attached hydrogens (primary N) is 1. The highest BCUT2D eigenvalue weighted by Crippen LogP contribution is 2.37. The number of pyridine rings is 1. The largest absolute Gasteiger partial charge is 0.493 e. The lowest BCUT2D eigenvalue weighted by atomic mass is 10.0. The van der Waals surface area contributed by atoms with Gasteiger partial charge in [0, 0.05) is 29.2 Å². The average molecular weight is 412 g/mol. The van der Waals surface area contributed by atoms with Gasteiger partial charge in [-0.15, -0.1) is 11.3 Å². The number of aromatic nitrogens is 1. The van der Waals surface area contributed by atoms with Crippen molar-refractivity contribution in [3.05, 3.63) is 80.2 Å². The van der Waals surface area contributed by atoms with Crippen LogP contribution in [0.5, 0.6) is 5.75 Å². The maximum atomic E-state index is 13.6. The number of halogens is 4. The van der Waals surface area contributed by atoms with Crippen LogP contribution in [0.1, 0.15) is 16.0 Å². The van der Waals surface area contributed by atoms with E-state index in [9.17, 15) is 22.4 Å². The Morgan fingerprint density at radius 3 is 2.61 bits per heavy atom.